The molecule has 0 aromatic heterocycles. The van der Waals surface area contributed by atoms with Gasteiger partial charge in [0.15, 0.2) is 0 Å². The Hall–Kier alpha value is -3.00. The molecule has 0 bridgehead atoms. The first-order valence-electron chi connectivity index (χ1n) is 20.2. The minimum atomic E-state index is -0.787. The third-order valence-corrected chi connectivity index (χ3v) is 17.3. The van der Waals surface area contributed by atoms with Crippen molar-refractivity contribution in [2.45, 2.75) is 55.4 Å². The lowest BCUT2D eigenvalue weighted by Gasteiger charge is -2.21. The normalized spacial score (nSPS) is 10.7. The number of ether oxygens (including phenoxy) is 8. The van der Waals surface area contributed by atoms with E-state index < -0.39 is 47.8 Å². The van der Waals surface area contributed by atoms with Crippen LogP contribution < -0.4 is 0 Å². The number of rotatable bonds is 16. The maximum absolute atomic E-state index is 13.1. The van der Waals surface area contributed by atoms with Crippen LogP contribution in [-0.2, 0) is 37.9 Å². The average molecular weight is 1460 g/mol. The van der Waals surface area contributed by atoms with Crippen molar-refractivity contribution in [1.29, 1.82) is 0 Å². The molecule has 0 aliphatic carbocycles. The molecular formula is C44H40Br8O16. The van der Waals surface area contributed by atoms with Gasteiger partial charge in [-0.15, -0.1) is 0 Å². The molecule has 0 spiro atoms. The van der Waals surface area contributed by atoms with Gasteiger partial charge in [0, 0.05) is 57.3 Å². The molecule has 0 aliphatic heterocycles. The molecule has 368 valence electrons. The second-order valence-electron chi connectivity index (χ2n) is 12.8. The second-order valence-corrected chi connectivity index (χ2v) is 19.1. The summed E-state index contributed by atoms with van der Waals surface area (Å²) in [6, 6.07) is 0. The number of fused-ring (bicyclic) bond motifs is 2. The van der Waals surface area contributed by atoms with Gasteiger partial charge in [0.25, 0.3) is 0 Å². The number of carbonyl (C=O) groups is 8. The van der Waals surface area contributed by atoms with Crippen LogP contribution in [0.4, 0.5) is 0 Å². The molecule has 0 aliphatic rings. The lowest BCUT2D eigenvalue weighted by molar-refractivity contribution is 0.0503. The summed E-state index contributed by atoms with van der Waals surface area (Å²) in [7, 11) is 0. The van der Waals surface area contributed by atoms with Gasteiger partial charge in [0.1, 0.15) is 0 Å². The molecule has 0 atom stereocenters. The number of hydrogen-bond donors (Lipinski definition) is 0. The Morgan fingerprint density at radius 3 is 0.397 bits per heavy atom. The minimum absolute atomic E-state index is 0.0341. The van der Waals surface area contributed by atoms with Crippen molar-refractivity contribution in [3.63, 3.8) is 0 Å². The van der Waals surface area contributed by atoms with E-state index in [1.807, 2.05) is 0 Å². The first-order valence-corrected chi connectivity index (χ1v) is 26.6. The zero-order valence-electron chi connectivity index (χ0n) is 37.2. The molecular weight excluding hydrogens is 1420 g/mol. The summed E-state index contributed by atoms with van der Waals surface area (Å²) < 4.78 is 42.9. The van der Waals surface area contributed by atoms with Gasteiger partial charge < -0.3 is 37.9 Å². The summed E-state index contributed by atoms with van der Waals surface area (Å²) in [5.74, 6) is -6.30. The molecule has 0 N–H and O–H groups in total. The highest BCUT2D eigenvalue weighted by Crippen LogP contribution is 2.49. The van der Waals surface area contributed by atoms with E-state index >= 15 is 0 Å². The van der Waals surface area contributed by atoms with Crippen LogP contribution in [0.1, 0.15) is 138 Å². The average Bonchev–Trinajstić information content (AvgIpc) is 3.27. The Bertz CT molecular complexity index is 2180. The molecule has 0 amide bonds. The van der Waals surface area contributed by atoms with E-state index in [-0.39, 0.29) is 155 Å². The van der Waals surface area contributed by atoms with Crippen LogP contribution in [0.15, 0.2) is 35.8 Å². The smallest absolute Gasteiger partial charge is 0.339 e. The first-order chi connectivity index (χ1) is 32.2. The number of benzene rings is 4. The van der Waals surface area contributed by atoms with Crippen LogP contribution in [0.2, 0.25) is 0 Å². The fourth-order valence-corrected chi connectivity index (χ4v) is 10.9. The van der Waals surface area contributed by atoms with E-state index in [1.165, 1.54) is 0 Å². The lowest BCUT2D eigenvalue weighted by Crippen LogP contribution is -2.19. The van der Waals surface area contributed by atoms with Crippen LogP contribution in [-0.4, -0.2) is 101 Å². The monoisotopic (exact) mass is 1460 g/mol. The van der Waals surface area contributed by atoms with E-state index in [4.69, 9.17) is 37.9 Å². The first kappa shape index (κ1) is 59.3. The molecule has 68 heavy (non-hydrogen) atoms. The fraction of sp³-hybridized carbons (Fsp3) is 0.364. The zero-order chi connectivity index (χ0) is 51.5. The van der Waals surface area contributed by atoms with Gasteiger partial charge in [-0.2, -0.15) is 0 Å². The zero-order valence-corrected chi connectivity index (χ0v) is 49.9. The Kier molecular flexibility index (Phi) is 23.5. The van der Waals surface area contributed by atoms with E-state index in [0.717, 1.165) is 0 Å². The van der Waals surface area contributed by atoms with Crippen molar-refractivity contribution in [1.82, 2.24) is 0 Å². The Morgan fingerprint density at radius 2 is 0.324 bits per heavy atom. The topological polar surface area (TPSA) is 210 Å². The van der Waals surface area contributed by atoms with Gasteiger partial charge >= 0.3 is 47.8 Å². The van der Waals surface area contributed by atoms with Gasteiger partial charge in [0.05, 0.1) is 97.4 Å². The highest BCUT2D eigenvalue weighted by Gasteiger charge is 2.38. The quantitative estimate of drug-likeness (QED) is 0.0754. The predicted molar refractivity (Wildman–Crippen MR) is 277 cm³/mol. The van der Waals surface area contributed by atoms with Crippen LogP contribution in [0.25, 0.3) is 21.5 Å². The third-order valence-electron chi connectivity index (χ3n) is 8.86. The van der Waals surface area contributed by atoms with Gasteiger partial charge in [0.2, 0.25) is 0 Å². The molecule has 4 aromatic carbocycles. The van der Waals surface area contributed by atoms with E-state index in [1.54, 1.807) is 55.4 Å². The minimum Gasteiger partial charge on any atom is -0.462 e. The second kappa shape index (κ2) is 27.0. The summed E-state index contributed by atoms with van der Waals surface area (Å²) in [4.78, 5) is 105. The number of hydrogen-bond acceptors (Lipinski definition) is 16. The molecule has 16 nitrogen and oxygen atoms in total. The highest BCUT2D eigenvalue weighted by atomic mass is 79.9. The largest absolute Gasteiger partial charge is 0.462 e. The molecule has 0 unspecified atom stereocenters. The third kappa shape index (κ3) is 12.2. The van der Waals surface area contributed by atoms with E-state index in [0.29, 0.717) is 0 Å². The molecule has 4 aromatic rings. The molecule has 0 saturated heterocycles. The van der Waals surface area contributed by atoms with Crippen LogP contribution in [0, 0.1) is 0 Å². The standard InChI is InChI=1S/2C22H20Br4O8/c2*1-5-31-19(27)11-9-10(13(16(24)15(11)23)21(29)33-7-3)14(22(30)34-8-4)18(26)17(25)12(9)20(28)32-6-2/h2*5-8H2,1-4H3. The van der Waals surface area contributed by atoms with Gasteiger partial charge in [-0.05, 0) is 183 Å². The Morgan fingerprint density at radius 1 is 0.235 bits per heavy atom. The van der Waals surface area contributed by atoms with Crippen LogP contribution in [0.3, 0.4) is 0 Å². The predicted octanol–water partition coefficient (Wildman–Crippen LogP) is 13.2. The van der Waals surface area contributed by atoms with Gasteiger partial charge in [-0.1, -0.05) is 0 Å². The van der Waals surface area contributed by atoms with Crippen molar-refractivity contribution >= 4 is 197 Å². The summed E-state index contributed by atoms with van der Waals surface area (Å²) in [6.07, 6.45) is 0. The Labute approximate surface area is 457 Å². The molecule has 4 rings (SSSR count). The summed E-state index contributed by atoms with van der Waals surface area (Å²) in [5.41, 5.74) is -0.677. The van der Waals surface area contributed by atoms with Crippen molar-refractivity contribution in [3.8, 4) is 0 Å². The van der Waals surface area contributed by atoms with Crippen molar-refractivity contribution in [3.05, 3.63) is 80.3 Å². The van der Waals surface area contributed by atoms with Gasteiger partial charge in [-0.25, -0.2) is 38.4 Å². The van der Waals surface area contributed by atoms with Crippen LogP contribution in [0.5, 0.6) is 0 Å². The van der Waals surface area contributed by atoms with E-state index in [9.17, 15) is 38.4 Å². The molecule has 0 radical (unpaired) electrons. The summed E-state index contributed by atoms with van der Waals surface area (Å²) in [5, 5.41) is -0.136. The summed E-state index contributed by atoms with van der Waals surface area (Å²) in [6.45, 7) is 13.3. The lowest BCUT2D eigenvalue weighted by atomic mass is 9.91. The fourth-order valence-electron chi connectivity index (χ4n) is 6.42. The number of carbonyl (C=O) groups excluding carboxylic acids is 8. The molecule has 24 heteroatoms. The maximum Gasteiger partial charge on any atom is 0.339 e. The SMILES string of the molecule is CCOC(=O)c1c(Br)c(Br)c(C(=O)OCC)c2c(C(=O)OCC)c(Br)c(Br)c(C(=O)OCC)c12.CCOC(=O)c1c(Br)c(Br)c(C(=O)OCC)c2c(C(=O)OCC)c(Br)c(Br)c(C(=O)OCC)c12. The van der Waals surface area contributed by atoms with Gasteiger partial charge in [-0.3, -0.25) is 0 Å². The number of esters is 8. The molecule has 0 saturated carbocycles. The molecule has 0 heterocycles. The van der Waals surface area contributed by atoms with Crippen molar-refractivity contribution < 1.29 is 76.3 Å². The summed E-state index contributed by atoms with van der Waals surface area (Å²) >= 11 is 26.8. The van der Waals surface area contributed by atoms with Crippen molar-refractivity contribution in [2.24, 2.45) is 0 Å². The van der Waals surface area contributed by atoms with Crippen LogP contribution >= 0.6 is 127 Å². The van der Waals surface area contributed by atoms with Crippen molar-refractivity contribution in [2.75, 3.05) is 52.9 Å². The number of halogens is 8. The maximum atomic E-state index is 13.1. The van der Waals surface area contributed by atoms with E-state index in [2.05, 4.69) is 127 Å². The highest BCUT2D eigenvalue weighted by molar-refractivity contribution is 9.14. The Balaban J connectivity index is 0.000000360. The molecule has 0 fully saturated rings.